The second kappa shape index (κ2) is 46.0. The highest BCUT2D eigenvalue weighted by atomic mass is 16.3. The minimum Gasteiger partial charge on any atom is -0.508 e. The molecule has 0 unspecified atom stereocenters. The molecule has 2 fully saturated rings. The normalized spacial score (nSPS) is 16.2. The van der Waals surface area contributed by atoms with Crippen molar-refractivity contribution in [2.24, 2.45) is 56.2 Å². The Morgan fingerprint density at radius 3 is 1.52 bits per heavy atom. The fourth-order valence-corrected chi connectivity index (χ4v) is 12.7. The first-order valence-electron chi connectivity index (χ1n) is 37.0. The van der Waals surface area contributed by atoms with Crippen molar-refractivity contribution in [3.8, 4) is 5.75 Å². The van der Waals surface area contributed by atoms with Crippen molar-refractivity contribution >= 4 is 94.3 Å². The van der Waals surface area contributed by atoms with Gasteiger partial charge in [0.15, 0.2) is 5.96 Å². The van der Waals surface area contributed by atoms with Crippen LogP contribution in [0.1, 0.15) is 147 Å². The van der Waals surface area contributed by atoms with E-state index >= 15 is 0 Å². The summed E-state index contributed by atoms with van der Waals surface area (Å²) in [5.74, 6) is -11.9. The molecular weight excluding hydrogens is 1420 g/mol. The highest BCUT2D eigenvalue weighted by molar-refractivity contribution is 6.00. The van der Waals surface area contributed by atoms with Gasteiger partial charge >= 0.3 is 0 Å². The molecule has 0 bridgehead atoms. The van der Waals surface area contributed by atoms with Crippen LogP contribution in [0, 0.1) is 5.92 Å². The van der Waals surface area contributed by atoms with Crippen LogP contribution in [0.5, 0.6) is 5.75 Å². The van der Waals surface area contributed by atoms with Gasteiger partial charge in [0.25, 0.3) is 0 Å². The van der Waals surface area contributed by atoms with Crippen molar-refractivity contribution in [2.75, 3.05) is 32.7 Å². The largest absolute Gasteiger partial charge is 0.508 e. The van der Waals surface area contributed by atoms with E-state index in [0.717, 1.165) is 0 Å². The quantitative estimate of drug-likeness (QED) is 0.00733. The number of primary amides is 3. The van der Waals surface area contributed by atoms with E-state index in [1.54, 1.807) is 56.3 Å². The first kappa shape index (κ1) is 89.2. The highest BCUT2D eigenvalue weighted by Crippen LogP contribution is 2.25. The summed E-state index contributed by atoms with van der Waals surface area (Å²) in [5, 5.41) is 37.0. The summed E-state index contributed by atoms with van der Waals surface area (Å²) in [6.45, 7) is 5.24. The fourth-order valence-electron chi connectivity index (χ4n) is 12.7. The Morgan fingerprint density at radius 2 is 0.991 bits per heavy atom. The van der Waals surface area contributed by atoms with Crippen LogP contribution in [-0.4, -0.2) is 203 Å². The Balaban J connectivity index is 1.37. The van der Waals surface area contributed by atoms with E-state index in [4.69, 9.17) is 45.7 Å². The first-order valence-corrected chi connectivity index (χ1v) is 37.0. The van der Waals surface area contributed by atoms with E-state index in [2.05, 4.69) is 62.9 Å². The van der Waals surface area contributed by atoms with Crippen LogP contribution in [0.15, 0.2) is 89.0 Å². The lowest BCUT2D eigenvalue weighted by Crippen LogP contribution is -2.60. The van der Waals surface area contributed by atoms with Crippen LogP contribution in [-0.2, 0) is 86.4 Å². The number of carbonyl (C=O) groups is 14. The molecule has 600 valence electrons. The maximum atomic E-state index is 14.9. The monoisotopic (exact) mass is 1530 g/mol. The molecule has 2 aliphatic rings. The van der Waals surface area contributed by atoms with Crippen LogP contribution >= 0.6 is 0 Å². The molecule has 0 saturated carbocycles. The average molecular weight is 1530 g/mol. The molecule has 2 heterocycles. The number of benzene rings is 3. The predicted octanol–water partition coefficient (Wildman–Crippen LogP) is -1.90. The van der Waals surface area contributed by atoms with Crippen LogP contribution in [0.2, 0.25) is 0 Å². The zero-order chi connectivity index (χ0) is 81.0. The van der Waals surface area contributed by atoms with Gasteiger partial charge in [-0.15, -0.1) is 0 Å². The Hall–Kier alpha value is -11.5. The number of nitrogens with zero attached hydrogens (tertiary/aromatic N) is 6. The van der Waals surface area contributed by atoms with Crippen molar-refractivity contribution in [1.82, 2.24) is 57.7 Å². The third-order valence-corrected chi connectivity index (χ3v) is 18.5. The van der Waals surface area contributed by atoms with E-state index in [9.17, 15) is 72.2 Å². The Morgan fingerprint density at radius 1 is 0.527 bits per heavy atom. The van der Waals surface area contributed by atoms with Gasteiger partial charge < -0.3 is 103 Å². The molecule has 5 rings (SSSR count). The van der Waals surface area contributed by atoms with Gasteiger partial charge in [0.2, 0.25) is 82.7 Å². The number of carbonyl (C=O) groups excluding carboxylic acids is 14. The maximum absolute atomic E-state index is 14.9. The van der Waals surface area contributed by atoms with Crippen LogP contribution in [0.4, 0.5) is 5.69 Å². The zero-order valence-corrected chi connectivity index (χ0v) is 62.5. The predicted molar refractivity (Wildman–Crippen MR) is 405 cm³/mol. The summed E-state index contributed by atoms with van der Waals surface area (Å²) in [7, 11) is 0. The molecule has 0 aliphatic carbocycles. The lowest BCUT2D eigenvalue weighted by Gasteiger charge is -2.32. The first-order chi connectivity index (χ1) is 52.4. The third kappa shape index (κ3) is 30.3. The second-order valence-electron chi connectivity index (χ2n) is 27.8. The Labute approximate surface area is 638 Å². The Bertz CT molecular complexity index is 3730. The molecule has 2 saturated heterocycles. The molecule has 110 heavy (non-hydrogen) atoms. The van der Waals surface area contributed by atoms with E-state index in [1.807, 2.05) is 6.92 Å². The number of likely N-dealkylation sites (tertiary alicyclic amines) is 2. The number of aliphatic imine (C=N–C) groups is 1. The van der Waals surface area contributed by atoms with Crippen molar-refractivity contribution in [2.45, 2.75) is 216 Å². The van der Waals surface area contributed by atoms with E-state index in [0.29, 0.717) is 48.8 Å². The fraction of sp³-hybridized carbons (Fsp3) is 0.548. The maximum Gasteiger partial charge on any atom is 0.245 e. The van der Waals surface area contributed by atoms with Crippen LogP contribution in [0.3, 0.4) is 0 Å². The highest BCUT2D eigenvalue weighted by Gasteiger charge is 2.43. The van der Waals surface area contributed by atoms with Gasteiger partial charge in [-0.25, -0.2) is 0 Å². The Kier molecular flexibility index (Phi) is 37.3. The molecular formula is C73H108N22O15. The molecule has 3 aromatic carbocycles. The van der Waals surface area contributed by atoms with Gasteiger partial charge in [-0.3, -0.25) is 72.1 Å². The number of guanidine groups is 1. The molecule has 37 nitrogen and oxygen atoms in total. The van der Waals surface area contributed by atoms with Gasteiger partial charge in [0.05, 0.1) is 12.6 Å². The van der Waals surface area contributed by atoms with E-state index in [1.165, 1.54) is 46.2 Å². The SMILES string of the molecule is CCCC[C@H](NC(=O)[C@H](CC(C)C)NC(=O)CNC(=O)[C@H](Cc1ccc(N=[N+]=[N-])cc1)NC(=O)[C@H](Cc1ccccc1)NC(=O)[C@H](CCC(N)=O)NC(=O)[C@H](CCC(N)=O)NC(=O)[C@@H]1CCCN1C(=O)[C@H](CCCCN)NC(=O)[C@@H]1CCCN1C(=O)[C@H](CCCN=C(N)N)NC(=O)[C@H](N)Cc1ccc(O)cc1)C(N)=O. The van der Waals surface area contributed by atoms with Gasteiger partial charge in [-0.1, -0.05) is 105 Å². The lowest BCUT2D eigenvalue weighted by atomic mass is 10.0. The molecule has 24 N–H and O–H groups in total. The molecule has 0 spiro atoms. The average Bonchev–Trinajstić information content (AvgIpc) is 1.63. The topological polar surface area (TPSA) is 617 Å². The smallest absolute Gasteiger partial charge is 0.245 e. The number of phenolic OH excluding ortho intramolecular Hbond substituents is 1. The van der Waals surface area contributed by atoms with Crippen molar-refractivity contribution in [3.63, 3.8) is 0 Å². The lowest BCUT2D eigenvalue weighted by molar-refractivity contribution is -0.145. The van der Waals surface area contributed by atoms with Gasteiger partial charge in [-0.2, -0.15) is 0 Å². The van der Waals surface area contributed by atoms with Crippen molar-refractivity contribution < 1.29 is 72.2 Å². The number of amides is 14. The summed E-state index contributed by atoms with van der Waals surface area (Å²) >= 11 is 0. The minimum absolute atomic E-state index is 0.00573. The van der Waals surface area contributed by atoms with Crippen LogP contribution in [0.25, 0.3) is 10.4 Å². The summed E-state index contributed by atoms with van der Waals surface area (Å²) in [4.78, 5) is 204. The zero-order valence-electron chi connectivity index (χ0n) is 62.5. The summed E-state index contributed by atoms with van der Waals surface area (Å²) in [5.41, 5.74) is 50.8. The number of nitrogens with one attached hydrogen (secondary N) is 9. The number of rotatable bonds is 47. The number of unbranched alkanes of at least 4 members (excludes halogenated alkanes) is 2. The van der Waals surface area contributed by atoms with Gasteiger partial charge in [-0.05, 0) is 137 Å². The molecule has 0 aromatic heterocycles. The van der Waals surface area contributed by atoms with Gasteiger partial charge in [0.1, 0.15) is 66.2 Å². The molecule has 2 aliphatic heterocycles. The number of phenols is 1. The number of hydrogen-bond acceptors (Lipinski definition) is 19. The van der Waals surface area contributed by atoms with Crippen molar-refractivity contribution in [1.29, 1.82) is 0 Å². The molecule has 11 atom stereocenters. The number of hydrogen-bond donors (Lipinski definition) is 17. The van der Waals surface area contributed by atoms with E-state index < -0.39 is 181 Å². The number of azide groups is 1. The molecule has 0 radical (unpaired) electrons. The molecule has 14 amide bonds. The molecule has 3 aromatic rings. The van der Waals surface area contributed by atoms with Gasteiger partial charge in [0, 0.05) is 55.9 Å². The van der Waals surface area contributed by atoms with Crippen molar-refractivity contribution in [3.05, 3.63) is 106 Å². The minimum atomic E-state index is -1.71. The van der Waals surface area contributed by atoms with Crippen LogP contribution < -0.4 is 88.0 Å². The number of nitrogens with two attached hydrogens (primary N) is 7. The third-order valence-electron chi connectivity index (χ3n) is 18.5. The summed E-state index contributed by atoms with van der Waals surface area (Å²) < 4.78 is 0. The molecule has 37 heteroatoms. The van der Waals surface area contributed by atoms with E-state index in [-0.39, 0.29) is 120 Å². The summed E-state index contributed by atoms with van der Waals surface area (Å²) in [6, 6.07) is 5.67. The number of aromatic hydroxyl groups is 1. The summed E-state index contributed by atoms with van der Waals surface area (Å²) in [6.07, 6.45) is 1.23. The standard InChI is InChI=1S/C73H108N22O15/c1-4-5-16-49(62(78)100)85-67(105)54(37-42(2)3)84-61(99)41-83-64(102)55(40-45-21-25-46(26-22-45)92-93-81)90-68(106)56(39-43-14-7-6-8-15-43)91-66(104)50(29-31-59(76)97)86-65(103)51(30-32-60(77)98)87-69(107)57-19-12-35-94(57)71(109)52(17-9-10-33-74)89-70(108)58-20-13-36-95(58)72(110)53(18-11-34-82-73(79)80)88-63(101)48(75)38-44-23-27-47(96)28-24-44/h6-8,14-15,21-28,42,48-58,96H,4-5,9-13,16-20,29-41,74-75H2,1-3H3,(H2,76,97)(H2,77,98)(H2,78,100)(H,83,102)(H,84,99)(H,85,105)(H,86,103)(H,87,107)(H,88,101)(H,89,108)(H,90,106)(H,91,104)(H4,79,80,82)/t48-,49+,50+,51+,52+,53+,54+,55+,56+,57+,58+/m1/s1. The second-order valence-corrected chi connectivity index (χ2v) is 27.8.